The highest BCUT2D eigenvalue weighted by molar-refractivity contribution is 9.10. The van der Waals surface area contributed by atoms with Crippen molar-refractivity contribution in [3.63, 3.8) is 0 Å². The summed E-state index contributed by atoms with van der Waals surface area (Å²) in [4.78, 5) is 47.1. The number of nitrogens with two attached hydrogens (primary N) is 1. The third-order valence-electron chi connectivity index (χ3n) is 3.48. The van der Waals surface area contributed by atoms with Crippen LogP contribution in [0.3, 0.4) is 0 Å². The molecule has 2 heterocycles. The van der Waals surface area contributed by atoms with Gasteiger partial charge in [-0.2, -0.15) is 0 Å². The lowest BCUT2D eigenvalue weighted by Gasteiger charge is -2.15. The second-order valence-corrected chi connectivity index (χ2v) is 5.69. The first-order valence-corrected chi connectivity index (χ1v) is 7.16. The second-order valence-electron chi connectivity index (χ2n) is 4.84. The molecule has 0 unspecified atom stereocenters. The summed E-state index contributed by atoms with van der Waals surface area (Å²) in [6.07, 6.45) is 0. The number of carbonyl (C=O) groups is 3. The molecule has 0 aliphatic carbocycles. The van der Waals surface area contributed by atoms with E-state index in [0.717, 1.165) is 12.1 Å². The number of hydrogen-bond donors (Lipinski definition) is 3. The molecule has 0 spiro atoms. The number of anilines is 1. The maximum absolute atomic E-state index is 14.2. The van der Waals surface area contributed by atoms with Crippen LogP contribution in [0.2, 0.25) is 0 Å². The van der Waals surface area contributed by atoms with Crippen LogP contribution >= 0.6 is 15.9 Å². The summed E-state index contributed by atoms with van der Waals surface area (Å²) in [6.45, 7) is 0. The summed E-state index contributed by atoms with van der Waals surface area (Å²) >= 11 is 2.86. The lowest BCUT2D eigenvalue weighted by molar-refractivity contribution is 0.0691. The number of pyridine rings is 1. The molecule has 1 aromatic carbocycles. The Morgan fingerprint density at radius 2 is 1.92 bits per heavy atom. The highest BCUT2D eigenvalue weighted by atomic mass is 79.9. The number of halogens is 2. The number of hydrogen-bond acceptors (Lipinski definition) is 5. The molecule has 0 saturated carbocycles. The Hall–Kier alpha value is -3.01. The summed E-state index contributed by atoms with van der Waals surface area (Å²) in [5.74, 6) is -4.80. The van der Waals surface area contributed by atoms with Crippen LogP contribution in [0.25, 0.3) is 5.69 Å². The molecule has 24 heavy (non-hydrogen) atoms. The minimum atomic E-state index is -1.63. The Morgan fingerprint density at radius 1 is 1.25 bits per heavy atom. The van der Waals surface area contributed by atoms with Gasteiger partial charge in [0.15, 0.2) is 5.82 Å². The molecule has 0 saturated heterocycles. The molecule has 1 aliphatic rings. The smallest absolute Gasteiger partial charge is 0.340 e. The van der Waals surface area contributed by atoms with Gasteiger partial charge in [0.25, 0.3) is 17.4 Å². The Balaban J connectivity index is 2.42. The number of carboxylic acid groups (broad SMARTS) is 1. The first-order chi connectivity index (χ1) is 11.2. The van der Waals surface area contributed by atoms with Crippen LogP contribution < -0.4 is 16.6 Å². The number of imide groups is 1. The largest absolute Gasteiger partial charge is 0.478 e. The van der Waals surface area contributed by atoms with Gasteiger partial charge in [-0.3, -0.25) is 24.3 Å². The second kappa shape index (κ2) is 5.27. The maximum atomic E-state index is 14.2. The summed E-state index contributed by atoms with van der Waals surface area (Å²) in [7, 11) is 0. The van der Waals surface area contributed by atoms with Gasteiger partial charge in [-0.15, -0.1) is 0 Å². The van der Waals surface area contributed by atoms with Gasteiger partial charge in [0.2, 0.25) is 0 Å². The summed E-state index contributed by atoms with van der Waals surface area (Å²) in [5.41, 5.74) is 3.28. The van der Waals surface area contributed by atoms with E-state index in [1.54, 1.807) is 0 Å². The number of fused-ring (bicyclic) bond motifs is 1. The van der Waals surface area contributed by atoms with Crippen molar-refractivity contribution in [3.05, 3.63) is 55.5 Å². The fraction of sp³-hybridized carbons (Fsp3) is 0. The van der Waals surface area contributed by atoms with Crippen molar-refractivity contribution in [2.45, 2.75) is 0 Å². The van der Waals surface area contributed by atoms with E-state index in [9.17, 15) is 28.7 Å². The van der Waals surface area contributed by atoms with Gasteiger partial charge in [0.05, 0.1) is 21.3 Å². The Labute approximate surface area is 140 Å². The zero-order chi connectivity index (χ0) is 17.8. The zero-order valence-corrected chi connectivity index (χ0v) is 13.2. The van der Waals surface area contributed by atoms with Gasteiger partial charge in [0, 0.05) is 6.07 Å². The Bertz CT molecular complexity index is 1010. The first-order valence-electron chi connectivity index (χ1n) is 6.37. The summed E-state index contributed by atoms with van der Waals surface area (Å²) in [5, 5.41) is 11.2. The molecule has 0 radical (unpaired) electrons. The molecular weight excluding hydrogens is 389 g/mol. The van der Waals surface area contributed by atoms with Crippen molar-refractivity contribution in [2.75, 3.05) is 5.73 Å². The molecular formula is C14H7BrFN3O5. The molecule has 1 aliphatic heterocycles. The molecule has 2 aromatic rings. The van der Waals surface area contributed by atoms with Gasteiger partial charge in [-0.05, 0) is 28.1 Å². The molecule has 122 valence electrons. The molecule has 0 atom stereocenters. The van der Waals surface area contributed by atoms with Crippen LogP contribution in [0.5, 0.6) is 0 Å². The quantitative estimate of drug-likeness (QED) is 0.647. The molecule has 10 heteroatoms. The number of benzene rings is 1. The average Bonchev–Trinajstić information content (AvgIpc) is 2.77. The van der Waals surface area contributed by atoms with Crippen LogP contribution in [0, 0.1) is 5.82 Å². The number of nitrogen functional groups attached to an aromatic ring is 1. The van der Waals surface area contributed by atoms with Crippen molar-refractivity contribution >= 4 is 39.5 Å². The van der Waals surface area contributed by atoms with E-state index in [2.05, 4.69) is 15.9 Å². The van der Waals surface area contributed by atoms with E-state index in [0.29, 0.717) is 4.57 Å². The van der Waals surface area contributed by atoms with Gasteiger partial charge < -0.3 is 10.8 Å². The van der Waals surface area contributed by atoms with Crippen LogP contribution in [-0.2, 0) is 0 Å². The van der Waals surface area contributed by atoms with Gasteiger partial charge in [-0.25, -0.2) is 9.18 Å². The van der Waals surface area contributed by atoms with Crippen molar-refractivity contribution in [2.24, 2.45) is 0 Å². The van der Waals surface area contributed by atoms with E-state index in [1.807, 2.05) is 5.32 Å². The van der Waals surface area contributed by atoms with Crippen molar-refractivity contribution in [1.29, 1.82) is 0 Å². The minimum Gasteiger partial charge on any atom is -0.478 e. The number of carbonyl (C=O) groups excluding carboxylic acids is 2. The van der Waals surface area contributed by atoms with Gasteiger partial charge in [0.1, 0.15) is 11.4 Å². The maximum Gasteiger partial charge on any atom is 0.340 e. The van der Waals surface area contributed by atoms with Crippen LogP contribution in [0.15, 0.2) is 27.5 Å². The lowest BCUT2D eigenvalue weighted by Crippen LogP contribution is -2.26. The molecule has 8 nitrogen and oxygen atoms in total. The zero-order valence-electron chi connectivity index (χ0n) is 11.6. The van der Waals surface area contributed by atoms with Gasteiger partial charge >= 0.3 is 5.97 Å². The number of nitrogens with zero attached hydrogens (tertiary/aromatic N) is 1. The highest BCUT2D eigenvalue weighted by Crippen LogP contribution is 2.28. The number of nitrogens with one attached hydrogen (secondary N) is 1. The van der Waals surface area contributed by atoms with Crippen LogP contribution in [0.1, 0.15) is 31.1 Å². The third kappa shape index (κ3) is 2.11. The Kier molecular flexibility index (Phi) is 3.48. The van der Waals surface area contributed by atoms with E-state index in [1.165, 1.54) is 6.07 Å². The highest BCUT2D eigenvalue weighted by Gasteiger charge is 2.33. The average molecular weight is 396 g/mol. The fourth-order valence-electron chi connectivity index (χ4n) is 2.46. The molecule has 3 rings (SSSR count). The van der Waals surface area contributed by atoms with Crippen molar-refractivity contribution in [1.82, 2.24) is 9.88 Å². The Morgan fingerprint density at radius 3 is 2.54 bits per heavy atom. The standard InChI is InChI=1S/C14H7BrFN3O5/c15-5-1-2-6(9(10(5)16)14(23)24)19-7(20)3-4-8(11(19)17)13(22)18-12(4)21/h1-3H,17H2,(H,23,24)(H,18,21,22). The molecule has 4 N–H and O–H groups in total. The summed E-state index contributed by atoms with van der Waals surface area (Å²) < 4.78 is 14.7. The van der Waals surface area contributed by atoms with E-state index in [-0.39, 0.29) is 21.3 Å². The molecule has 0 bridgehead atoms. The summed E-state index contributed by atoms with van der Waals surface area (Å²) in [6, 6.07) is 3.20. The van der Waals surface area contributed by atoms with Crippen molar-refractivity contribution in [3.8, 4) is 5.69 Å². The van der Waals surface area contributed by atoms with Crippen LogP contribution in [-0.4, -0.2) is 27.5 Å². The normalized spacial score (nSPS) is 12.9. The van der Waals surface area contributed by atoms with Crippen LogP contribution in [0.4, 0.5) is 10.2 Å². The number of aromatic carboxylic acids is 1. The van der Waals surface area contributed by atoms with E-state index < -0.39 is 40.5 Å². The number of amides is 2. The van der Waals surface area contributed by atoms with E-state index >= 15 is 0 Å². The molecule has 1 aromatic heterocycles. The van der Waals surface area contributed by atoms with Gasteiger partial charge in [-0.1, -0.05) is 0 Å². The van der Waals surface area contributed by atoms with E-state index in [4.69, 9.17) is 5.73 Å². The minimum absolute atomic E-state index is 0.121. The monoisotopic (exact) mass is 395 g/mol. The van der Waals surface area contributed by atoms with Crippen molar-refractivity contribution < 1.29 is 23.9 Å². The number of rotatable bonds is 2. The topological polar surface area (TPSA) is 131 Å². The lowest BCUT2D eigenvalue weighted by atomic mass is 10.1. The molecule has 2 amide bonds. The molecule has 0 fully saturated rings. The predicted molar refractivity (Wildman–Crippen MR) is 82.9 cm³/mol. The fourth-order valence-corrected chi connectivity index (χ4v) is 2.79. The SMILES string of the molecule is Nc1c2c(cc(=O)n1-c1ccc(Br)c(F)c1C(=O)O)C(=O)NC2=O. The first kappa shape index (κ1) is 15.9. The number of carboxylic acids is 1. The third-order valence-corrected chi connectivity index (χ3v) is 4.09. The predicted octanol–water partition coefficient (Wildman–Crippen LogP) is 0.903. The number of aromatic nitrogens is 1.